The maximum Gasteiger partial charge on any atom is 0.221 e. The normalized spacial score (nSPS) is 8.50. The van der Waals surface area contributed by atoms with E-state index in [4.69, 9.17) is 15.8 Å². The zero-order valence-electron chi connectivity index (χ0n) is 10.4. The molecule has 98 valence electrons. The minimum Gasteiger partial charge on any atom is -0.506 e. The van der Waals surface area contributed by atoms with E-state index in [9.17, 15) is 9.90 Å². The van der Waals surface area contributed by atoms with Gasteiger partial charge in [0.2, 0.25) is 5.91 Å². The molecule has 0 aliphatic heterocycles. The van der Waals surface area contributed by atoms with Crippen LogP contribution < -0.4 is 10.6 Å². The molecular weight excluding hydrogens is 258 g/mol. The molecule has 0 fully saturated rings. The van der Waals surface area contributed by atoms with Gasteiger partial charge in [0.05, 0.1) is 5.69 Å². The maximum atomic E-state index is 11.0. The van der Waals surface area contributed by atoms with Gasteiger partial charge < -0.3 is 15.7 Å². The summed E-state index contributed by atoms with van der Waals surface area (Å²) in [6.45, 7) is 1.28. The third-order valence-corrected chi connectivity index (χ3v) is 2.16. The molecule has 0 aliphatic carbocycles. The van der Waals surface area contributed by atoms with Gasteiger partial charge >= 0.3 is 0 Å². The summed E-state index contributed by atoms with van der Waals surface area (Å²) in [5, 5.41) is 40.8. The van der Waals surface area contributed by atoms with Gasteiger partial charge in [-0.05, 0) is 18.2 Å². The second-order valence-corrected chi connectivity index (χ2v) is 3.62. The Kier molecular flexibility index (Phi) is 4.69. The minimum atomic E-state index is -0.372. The van der Waals surface area contributed by atoms with Crippen LogP contribution in [0.5, 0.6) is 5.75 Å². The first kappa shape index (κ1) is 14.6. The fourth-order valence-corrected chi connectivity index (χ4v) is 1.33. The van der Waals surface area contributed by atoms with E-state index < -0.39 is 0 Å². The lowest BCUT2D eigenvalue weighted by molar-refractivity contribution is -0.114. The van der Waals surface area contributed by atoms with Gasteiger partial charge in [0.1, 0.15) is 29.7 Å². The quantitative estimate of drug-likeness (QED) is 0.432. The van der Waals surface area contributed by atoms with Crippen molar-refractivity contribution in [3.8, 4) is 24.0 Å². The highest BCUT2D eigenvalue weighted by Crippen LogP contribution is 2.27. The molecule has 0 spiro atoms. The van der Waals surface area contributed by atoms with Crippen LogP contribution in [-0.4, -0.2) is 11.0 Å². The molecule has 7 heteroatoms. The van der Waals surface area contributed by atoms with Crippen LogP contribution in [0.25, 0.3) is 0 Å². The Labute approximate surface area is 115 Å². The lowest BCUT2D eigenvalue weighted by Crippen LogP contribution is -2.07. The lowest BCUT2D eigenvalue weighted by atomic mass is 10.2. The van der Waals surface area contributed by atoms with Gasteiger partial charge in [-0.3, -0.25) is 4.79 Å². The Morgan fingerprint density at radius 3 is 2.30 bits per heavy atom. The van der Waals surface area contributed by atoms with Crippen LogP contribution in [0.4, 0.5) is 11.4 Å². The van der Waals surface area contributed by atoms with Crippen molar-refractivity contribution in [3.05, 3.63) is 29.5 Å². The molecule has 1 aromatic rings. The van der Waals surface area contributed by atoms with Crippen LogP contribution in [0, 0.1) is 34.0 Å². The molecule has 1 aromatic carbocycles. The zero-order valence-corrected chi connectivity index (χ0v) is 10.4. The monoisotopic (exact) mass is 267 g/mol. The van der Waals surface area contributed by atoms with Crippen LogP contribution in [0.1, 0.15) is 6.92 Å². The molecular formula is C13H9N5O2. The number of anilines is 2. The number of carbonyl (C=O) groups excluding carboxylic acids is 1. The van der Waals surface area contributed by atoms with E-state index in [1.54, 1.807) is 18.2 Å². The van der Waals surface area contributed by atoms with Crippen molar-refractivity contribution in [1.29, 1.82) is 15.8 Å². The highest BCUT2D eigenvalue weighted by Gasteiger charge is 2.09. The van der Waals surface area contributed by atoms with Crippen LogP contribution in [0.15, 0.2) is 29.5 Å². The van der Waals surface area contributed by atoms with Crippen molar-refractivity contribution in [2.45, 2.75) is 6.92 Å². The molecule has 20 heavy (non-hydrogen) atoms. The van der Waals surface area contributed by atoms with Gasteiger partial charge in [0.15, 0.2) is 5.57 Å². The third kappa shape index (κ3) is 3.49. The SMILES string of the molecule is CC(=O)Nc1cc(NC(C#N)=C(C#N)C#N)ccc1O. The molecule has 0 saturated heterocycles. The highest BCUT2D eigenvalue weighted by atomic mass is 16.3. The van der Waals surface area contributed by atoms with Gasteiger partial charge in [-0.2, -0.15) is 15.8 Å². The number of allylic oxidation sites excluding steroid dienone is 2. The average molecular weight is 267 g/mol. The van der Waals surface area contributed by atoms with Crippen molar-refractivity contribution in [2.75, 3.05) is 10.6 Å². The fourth-order valence-electron chi connectivity index (χ4n) is 1.33. The fraction of sp³-hybridized carbons (Fsp3) is 0.0769. The topological polar surface area (TPSA) is 133 Å². The number of amides is 1. The third-order valence-electron chi connectivity index (χ3n) is 2.16. The summed E-state index contributed by atoms with van der Waals surface area (Å²) < 4.78 is 0. The summed E-state index contributed by atoms with van der Waals surface area (Å²) in [5.41, 5.74) is -0.0857. The van der Waals surface area contributed by atoms with E-state index in [0.717, 1.165) is 0 Å². The second kappa shape index (κ2) is 6.44. The van der Waals surface area contributed by atoms with Crippen LogP contribution >= 0.6 is 0 Å². The zero-order chi connectivity index (χ0) is 15.1. The summed E-state index contributed by atoms with van der Waals surface area (Å²) in [6.07, 6.45) is 0. The molecule has 1 rings (SSSR count). The Morgan fingerprint density at radius 2 is 1.80 bits per heavy atom. The number of benzene rings is 1. The molecule has 0 aliphatic rings. The van der Waals surface area contributed by atoms with Gasteiger partial charge in [-0.15, -0.1) is 0 Å². The first-order chi connectivity index (χ1) is 9.51. The Morgan fingerprint density at radius 1 is 1.15 bits per heavy atom. The number of hydrogen-bond acceptors (Lipinski definition) is 6. The number of nitrogens with zero attached hydrogens (tertiary/aromatic N) is 3. The number of carbonyl (C=O) groups is 1. The first-order valence-electron chi connectivity index (χ1n) is 5.34. The molecule has 0 heterocycles. The number of nitrogens with one attached hydrogen (secondary N) is 2. The highest BCUT2D eigenvalue weighted by molar-refractivity contribution is 5.91. The van der Waals surface area contributed by atoms with Crippen LogP contribution in [-0.2, 0) is 4.79 Å². The second-order valence-electron chi connectivity index (χ2n) is 3.62. The largest absolute Gasteiger partial charge is 0.506 e. The number of hydrogen-bond donors (Lipinski definition) is 3. The van der Waals surface area contributed by atoms with Gasteiger partial charge in [-0.25, -0.2) is 0 Å². The summed E-state index contributed by atoms with van der Waals surface area (Å²) in [6, 6.07) is 9.01. The molecule has 1 amide bonds. The molecule has 0 unspecified atom stereocenters. The van der Waals surface area contributed by atoms with Crippen molar-refractivity contribution in [1.82, 2.24) is 0 Å². The molecule has 7 nitrogen and oxygen atoms in total. The number of phenols is 1. The van der Waals surface area contributed by atoms with E-state index in [1.807, 2.05) is 0 Å². The van der Waals surface area contributed by atoms with E-state index in [1.165, 1.54) is 25.1 Å². The Balaban J connectivity index is 3.15. The van der Waals surface area contributed by atoms with Gasteiger partial charge in [-0.1, -0.05) is 0 Å². The summed E-state index contributed by atoms with van der Waals surface area (Å²) in [5.74, 6) is -0.516. The standard InChI is InChI=1S/C13H9N5O2/c1-8(19)17-11-4-10(2-3-13(11)20)18-12(7-16)9(5-14)6-15/h2-4,18,20H,1H3,(H,17,19). The summed E-state index contributed by atoms with van der Waals surface area (Å²) >= 11 is 0. The predicted octanol–water partition coefficient (Wildman–Crippen LogP) is 1.59. The van der Waals surface area contributed by atoms with Gasteiger partial charge in [0, 0.05) is 12.6 Å². The summed E-state index contributed by atoms with van der Waals surface area (Å²) in [7, 11) is 0. The molecule has 0 atom stereocenters. The van der Waals surface area contributed by atoms with Crippen molar-refractivity contribution >= 4 is 17.3 Å². The molecule has 0 radical (unpaired) electrons. The Hall–Kier alpha value is -3.50. The molecule has 0 saturated carbocycles. The van der Waals surface area contributed by atoms with Crippen LogP contribution in [0.2, 0.25) is 0 Å². The smallest absolute Gasteiger partial charge is 0.221 e. The Bertz CT molecular complexity index is 685. The lowest BCUT2D eigenvalue weighted by Gasteiger charge is -2.09. The van der Waals surface area contributed by atoms with E-state index in [0.29, 0.717) is 5.69 Å². The van der Waals surface area contributed by atoms with E-state index >= 15 is 0 Å². The predicted molar refractivity (Wildman–Crippen MR) is 69.9 cm³/mol. The molecule has 0 aromatic heterocycles. The summed E-state index contributed by atoms with van der Waals surface area (Å²) in [4.78, 5) is 11.0. The number of phenolic OH excluding ortho intramolecular Hbond substituents is 1. The average Bonchev–Trinajstić information content (AvgIpc) is 2.41. The van der Waals surface area contributed by atoms with Crippen LogP contribution in [0.3, 0.4) is 0 Å². The minimum absolute atomic E-state index is 0.144. The van der Waals surface area contributed by atoms with E-state index in [-0.39, 0.29) is 28.6 Å². The van der Waals surface area contributed by atoms with Crippen molar-refractivity contribution < 1.29 is 9.90 Å². The van der Waals surface area contributed by atoms with Crippen molar-refractivity contribution in [2.24, 2.45) is 0 Å². The maximum absolute atomic E-state index is 11.0. The molecule has 3 N–H and O–H groups in total. The van der Waals surface area contributed by atoms with Gasteiger partial charge in [0.25, 0.3) is 0 Å². The number of rotatable bonds is 3. The first-order valence-corrected chi connectivity index (χ1v) is 5.34. The number of aromatic hydroxyl groups is 1. The number of nitriles is 3. The van der Waals surface area contributed by atoms with E-state index in [2.05, 4.69) is 10.6 Å². The van der Waals surface area contributed by atoms with Crippen molar-refractivity contribution in [3.63, 3.8) is 0 Å². The molecule has 0 bridgehead atoms.